The Labute approximate surface area is 286 Å². The lowest BCUT2D eigenvalue weighted by atomic mass is 9.91. The first-order valence-electron chi connectivity index (χ1n) is 18.0. The van der Waals surface area contributed by atoms with Crippen LogP contribution >= 0.6 is 0 Å². The van der Waals surface area contributed by atoms with Gasteiger partial charge < -0.3 is 10.2 Å². The summed E-state index contributed by atoms with van der Waals surface area (Å²) >= 11 is 0. The third kappa shape index (κ3) is 13.6. The Morgan fingerprint density at radius 3 is 1.50 bits per heavy atom. The Balaban J connectivity index is 1.96. The minimum atomic E-state index is -0.583. The molecule has 2 atom stereocenters. The summed E-state index contributed by atoms with van der Waals surface area (Å²) in [7, 11) is 0. The highest BCUT2D eigenvalue weighted by Crippen LogP contribution is 2.25. The van der Waals surface area contributed by atoms with Crippen LogP contribution in [-0.4, -0.2) is 33.8 Å². The van der Waals surface area contributed by atoms with Crippen molar-refractivity contribution in [3.8, 4) is 11.5 Å². The number of nitrogens with one attached hydrogen (secondary N) is 4. The van der Waals surface area contributed by atoms with Gasteiger partial charge in [0.2, 0.25) is 11.8 Å². The predicted octanol–water partition coefficient (Wildman–Crippen LogP) is 7.18. The van der Waals surface area contributed by atoms with E-state index in [-0.39, 0.29) is 28.5 Å². The summed E-state index contributed by atoms with van der Waals surface area (Å²) in [5.74, 6) is -3.15. The van der Waals surface area contributed by atoms with Crippen molar-refractivity contribution in [2.75, 3.05) is 0 Å². The molecule has 10 nitrogen and oxygen atoms in total. The number of phenolic OH excluding ortho intramolecular Hbond substituents is 2. The van der Waals surface area contributed by atoms with E-state index in [1.807, 2.05) is 12.1 Å². The van der Waals surface area contributed by atoms with E-state index in [0.29, 0.717) is 32.1 Å². The summed E-state index contributed by atoms with van der Waals surface area (Å²) < 4.78 is 0. The maximum Gasteiger partial charge on any atom is 0.273 e. The van der Waals surface area contributed by atoms with E-state index in [4.69, 9.17) is 0 Å². The number of rotatable bonds is 21. The van der Waals surface area contributed by atoms with Crippen LogP contribution in [0.1, 0.15) is 149 Å². The van der Waals surface area contributed by atoms with Gasteiger partial charge in [0.15, 0.2) is 0 Å². The van der Waals surface area contributed by atoms with E-state index >= 15 is 0 Å². The Hall–Kier alpha value is -4.08. The maximum atomic E-state index is 13.2. The second kappa shape index (κ2) is 22.5. The molecule has 0 spiro atoms. The second-order valence-electron chi connectivity index (χ2n) is 12.8. The second-order valence-corrected chi connectivity index (χ2v) is 12.8. The summed E-state index contributed by atoms with van der Waals surface area (Å²) in [4.78, 5) is 52.2. The molecule has 2 aromatic rings. The van der Waals surface area contributed by atoms with Gasteiger partial charge in [-0.2, -0.15) is 0 Å². The van der Waals surface area contributed by atoms with Crippen LogP contribution in [-0.2, 0) is 22.4 Å². The van der Waals surface area contributed by atoms with Gasteiger partial charge in [0.05, 0.1) is 11.1 Å². The lowest BCUT2D eigenvalue weighted by Gasteiger charge is -2.20. The van der Waals surface area contributed by atoms with Gasteiger partial charge in [-0.1, -0.05) is 110 Å². The Morgan fingerprint density at radius 1 is 0.562 bits per heavy atom. The first-order valence-corrected chi connectivity index (χ1v) is 18.0. The third-order valence-corrected chi connectivity index (χ3v) is 8.83. The number of benzene rings is 2. The van der Waals surface area contributed by atoms with E-state index in [1.165, 1.54) is 12.1 Å². The zero-order valence-electron chi connectivity index (χ0n) is 29.5. The molecular formula is C38H58N4O6. The smallest absolute Gasteiger partial charge is 0.273 e. The number of phenols is 2. The molecule has 0 aliphatic rings. The standard InChI is InChI=1S/C38H58N4O6/c1-5-8-11-14-18-28-21-16-23-31(43)33(28)37(47)41-39-35(45)27(4)25-26-30(20-13-10-7-3)36(46)40-42-38(48)34-29(19-15-12-9-6-2)22-17-24-32(34)44/h16-17,21-24,27,30,43-44H,5-15,18-20,25-26H2,1-4H3,(H,39,45)(H,40,46)(H,41,47)(H,42,48). The van der Waals surface area contributed by atoms with E-state index in [1.54, 1.807) is 19.1 Å². The summed E-state index contributed by atoms with van der Waals surface area (Å²) in [6, 6.07) is 9.97. The molecule has 4 amide bonds. The van der Waals surface area contributed by atoms with Gasteiger partial charge >= 0.3 is 0 Å². The average molecular weight is 667 g/mol. The van der Waals surface area contributed by atoms with Crippen molar-refractivity contribution >= 4 is 23.6 Å². The fourth-order valence-electron chi connectivity index (χ4n) is 5.82. The molecule has 48 heavy (non-hydrogen) atoms. The van der Waals surface area contributed by atoms with Crippen molar-refractivity contribution in [3.05, 3.63) is 58.7 Å². The van der Waals surface area contributed by atoms with E-state index in [0.717, 1.165) is 81.8 Å². The molecule has 266 valence electrons. The minimum Gasteiger partial charge on any atom is -0.507 e. The molecule has 0 saturated heterocycles. The zero-order chi connectivity index (χ0) is 35.3. The van der Waals surface area contributed by atoms with Crippen molar-refractivity contribution in [1.29, 1.82) is 0 Å². The number of hydrogen-bond donors (Lipinski definition) is 6. The van der Waals surface area contributed by atoms with E-state index in [9.17, 15) is 29.4 Å². The fraction of sp³-hybridized carbons (Fsp3) is 0.579. The third-order valence-electron chi connectivity index (χ3n) is 8.83. The van der Waals surface area contributed by atoms with Crippen LogP contribution < -0.4 is 21.7 Å². The van der Waals surface area contributed by atoms with Crippen LogP contribution in [0.15, 0.2) is 36.4 Å². The molecule has 0 fully saturated rings. The van der Waals surface area contributed by atoms with Gasteiger partial charge in [-0.3, -0.25) is 40.9 Å². The predicted molar refractivity (Wildman–Crippen MR) is 189 cm³/mol. The van der Waals surface area contributed by atoms with Crippen molar-refractivity contribution in [2.24, 2.45) is 11.8 Å². The summed E-state index contributed by atoms with van der Waals surface area (Å²) in [6.45, 7) is 8.06. The van der Waals surface area contributed by atoms with Crippen LogP contribution in [0.5, 0.6) is 11.5 Å². The summed E-state index contributed by atoms with van der Waals surface area (Å²) in [5, 5.41) is 20.8. The number of aromatic hydroxyl groups is 2. The maximum absolute atomic E-state index is 13.2. The largest absolute Gasteiger partial charge is 0.507 e. The van der Waals surface area contributed by atoms with Crippen LogP contribution in [0, 0.1) is 11.8 Å². The van der Waals surface area contributed by atoms with Crippen molar-refractivity contribution in [1.82, 2.24) is 21.7 Å². The molecule has 0 radical (unpaired) electrons. The van der Waals surface area contributed by atoms with E-state index < -0.39 is 29.6 Å². The molecule has 2 unspecified atom stereocenters. The molecular weight excluding hydrogens is 608 g/mol. The molecule has 2 rings (SSSR count). The monoisotopic (exact) mass is 666 g/mol. The van der Waals surface area contributed by atoms with Crippen LogP contribution in [0.25, 0.3) is 0 Å². The fourth-order valence-corrected chi connectivity index (χ4v) is 5.82. The van der Waals surface area contributed by atoms with Crippen molar-refractivity contribution < 1.29 is 29.4 Å². The topological polar surface area (TPSA) is 157 Å². The quantitative estimate of drug-likeness (QED) is 0.0612. The first-order chi connectivity index (χ1) is 23.1. The van der Waals surface area contributed by atoms with Gasteiger partial charge in [-0.15, -0.1) is 0 Å². The molecule has 2 aromatic carbocycles. The molecule has 10 heteroatoms. The number of hydrazine groups is 2. The molecule has 0 saturated carbocycles. The number of aryl methyl sites for hydroxylation is 2. The summed E-state index contributed by atoms with van der Waals surface area (Å²) in [6.07, 6.45) is 13.7. The number of carbonyl (C=O) groups excluding carboxylic acids is 4. The highest BCUT2D eigenvalue weighted by molar-refractivity contribution is 6.00. The minimum absolute atomic E-state index is 0.133. The van der Waals surface area contributed by atoms with Gasteiger partial charge in [0.1, 0.15) is 11.5 Å². The number of carbonyl (C=O) groups is 4. The van der Waals surface area contributed by atoms with Gasteiger partial charge in [0.25, 0.3) is 11.8 Å². The number of hydrogen-bond acceptors (Lipinski definition) is 6. The number of amides is 4. The van der Waals surface area contributed by atoms with Crippen LogP contribution in [0.3, 0.4) is 0 Å². The van der Waals surface area contributed by atoms with E-state index in [2.05, 4.69) is 42.5 Å². The first kappa shape index (κ1) is 40.1. The average Bonchev–Trinajstić information content (AvgIpc) is 3.07. The van der Waals surface area contributed by atoms with Gasteiger partial charge in [-0.25, -0.2) is 0 Å². The van der Waals surface area contributed by atoms with Crippen molar-refractivity contribution in [3.63, 3.8) is 0 Å². The van der Waals surface area contributed by atoms with Gasteiger partial charge in [0, 0.05) is 11.8 Å². The Kier molecular flexibility index (Phi) is 18.8. The molecule has 0 heterocycles. The lowest BCUT2D eigenvalue weighted by molar-refractivity contribution is -0.128. The lowest BCUT2D eigenvalue weighted by Crippen LogP contribution is -2.45. The molecule has 0 aromatic heterocycles. The molecule has 6 N–H and O–H groups in total. The zero-order valence-corrected chi connectivity index (χ0v) is 29.5. The SMILES string of the molecule is CCCCCCc1cccc(O)c1C(=O)NNC(=O)C(C)CCC(CCCCC)C(=O)NNC(=O)c1c(O)cccc1CCCCCC. The number of unbranched alkanes of at least 4 members (excludes halogenated alkanes) is 8. The Bertz CT molecular complexity index is 1310. The summed E-state index contributed by atoms with van der Waals surface area (Å²) in [5.41, 5.74) is 11.7. The normalized spacial score (nSPS) is 12.2. The van der Waals surface area contributed by atoms with Crippen LogP contribution in [0.4, 0.5) is 0 Å². The van der Waals surface area contributed by atoms with Gasteiger partial charge in [-0.05, 0) is 68.2 Å². The Morgan fingerprint density at radius 2 is 1.02 bits per heavy atom. The van der Waals surface area contributed by atoms with Crippen LogP contribution in [0.2, 0.25) is 0 Å². The molecule has 0 aliphatic carbocycles. The highest BCUT2D eigenvalue weighted by atomic mass is 16.3. The molecule has 0 aliphatic heterocycles. The highest BCUT2D eigenvalue weighted by Gasteiger charge is 2.24. The van der Waals surface area contributed by atoms with Crippen molar-refractivity contribution in [2.45, 2.75) is 130 Å². The molecule has 0 bridgehead atoms.